The Balaban J connectivity index is 2.04. The van der Waals surface area contributed by atoms with Crippen molar-refractivity contribution in [2.45, 2.75) is 31.9 Å². The molecule has 0 saturated carbocycles. The molecule has 0 radical (unpaired) electrons. The first-order valence-corrected chi connectivity index (χ1v) is 6.69. The van der Waals surface area contributed by atoms with Crippen LogP contribution in [0.4, 0.5) is 5.69 Å². The molecule has 2 atom stereocenters. The number of nitrogens with zero attached hydrogens (tertiary/aromatic N) is 2. The Bertz CT molecular complexity index is 362. The van der Waals surface area contributed by atoms with E-state index >= 15 is 0 Å². The van der Waals surface area contributed by atoms with Crippen LogP contribution in [-0.2, 0) is 4.74 Å². The molecule has 18 heavy (non-hydrogen) atoms. The van der Waals surface area contributed by atoms with Gasteiger partial charge < -0.3 is 15.0 Å². The fourth-order valence-corrected chi connectivity index (χ4v) is 2.51. The third kappa shape index (κ3) is 2.82. The van der Waals surface area contributed by atoms with Gasteiger partial charge in [-0.3, -0.25) is 4.98 Å². The number of hydrogen-bond donors (Lipinski definition) is 1. The highest BCUT2D eigenvalue weighted by Crippen LogP contribution is 2.22. The van der Waals surface area contributed by atoms with Gasteiger partial charge in [0.2, 0.25) is 0 Å². The molecule has 0 aliphatic carbocycles. The largest absolute Gasteiger partial charge is 0.380 e. The summed E-state index contributed by atoms with van der Waals surface area (Å²) in [6.07, 6.45) is 4.50. The molecule has 4 nitrogen and oxygen atoms in total. The summed E-state index contributed by atoms with van der Waals surface area (Å²) in [5.74, 6) is 0. The summed E-state index contributed by atoms with van der Waals surface area (Å²) in [4.78, 5) is 6.91. The van der Waals surface area contributed by atoms with Gasteiger partial charge in [0, 0.05) is 26.2 Å². The molecule has 1 saturated heterocycles. The Morgan fingerprint density at radius 2 is 2.39 bits per heavy atom. The van der Waals surface area contributed by atoms with Crippen molar-refractivity contribution in [1.29, 1.82) is 0 Å². The van der Waals surface area contributed by atoms with Crippen LogP contribution in [0.15, 0.2) is 18.3 Å². The van der Waals surface area contributed by atoms with Crippen molar-refractivity contribution in [3.8, 4) is 0 Å². The molecule has 1 aliphatic rings. The zero-order chi connectivity index (χ0) is 13.0. The van der Waals surface area contributed by atoms with Crippen LogP contribution >= 0.6 is 0 Å². The van der Waals surface area contributed by atoms with Crippen molar-refractivity contribution >= 4 is 5.69 Å². The highest BCUT2D eigenvalue weighted by molar-refractivity contribution is 5.46. The van der Waals surface area contributed by atoms with E-state index in [0.717, 1.165) is 31.6 Å². The van der Waals surface area contributed by atoms with Gasteiger partial charge in [0.1, 0.15) is 0 Å². The van der Waals surface area contributed by atoms with Crippen LogP contribution in [0.3, 0.4) is 0 Å². The van der Waals surface area contributed by atoms with Crippen LogP contribution in [0.1, 0.15) is 31.5 Å². The van der Waals surface area contributed by atoms with Gasteiger partial charge >= 0.3 is 0 Å². The maximum atomic E-state index is 5.39. The molecular weight excluding hydrogens is 226 g/mol. The summed E-state index contributed by atoms with van der Waals surface area (Å²) in [6.45, 7) is 4.20. The molecule has 1 fully saturated rings. The maximum Gasteiger partial charge on any atom is 0.0762 e. The zero-order valence-electron chi connectivity index (χ0n) is 11.5. The molecule has 0 amide bonds. The number of aromatic nitrogens is 1. The van der Waals surface area contributed by atoms with E-state index in [1.807, 2.05) is 13.2 Å². The maximum absolute atomic E-state index is 5.39. The van der Waals surface area contributed by atoms with E-state index < -0.39 is 0 Å². The molecule has 1 aliphatic heterocycles. The summed E-state index contributed by atoms with van der Waals surface area (Å²) in [7, 11) is 3.77. The number of ether oxygens (including phenoxy) is 1. The second-order valence-corrected chi connectivity index (χ2v) is 4.78. The minimum absolute atomic E-state index is 0.351. The van der Waals surface area contributed by atoms with E-state index in [2.05, 4.69) is 34.3 Å². The lowest BCUT2D eigenvalue weighted by Gasteiger charge is -2.19. The Kier molecular flexibility index (Phi) is 4.55. The van der Waals surface area contributed by atoms with Crippen LogP contribution in [-0.4, -0.2) is 38.3 Å². The van der Waals surface area contributed by atoms with E-state index in [1.54, 1.807) is 7.11 Å². The molecule has 0 bridgehead atoms. The smallest absolute Gasteiger partial charge is 0.0762 e. The lowest BCUT2D eigenvalue weighted by molar-refractivity contribution is 0.121. The summed E-state index contributed by atoms with van der Waals surface area (Å²) in [5.41, 5.74) is 2.32. The predicted molar refractivity (Wildman–Crippen MR) is 74.0 cm³/mol. The van der Waals surface area contributed by atoms with Crippen LogP contribution < -0.4 is 10.2 Å². The van der Waals surface area contributed by atoms with E-state index in [4.69, 9.17) is 4.74 Å². The van der Waals surface area contributed by atoms with Crippen LogP contribution in [0, 0.1) is 0 Å². The molecule has 1 aromatic rings. The monoisotopic (exact) mass is 249 g/mol. The fraction of sp³-hybridized carbons (Fsp3) is 0.643. The van der Waals surface area contributed by atoms with Crippen molar-refractivity contribution in [2.75, 3.05) is 32.1 Å². The van der Waals surface area contributed by atoms with Crippen molar-refractivity contribution in [1.82, 2.24) is 10.3 Å². The molecule has 1 N–H and O–H groups in total. The fourth-order valence-electron chi connectivity index (χ4n) is 2.51. The minimum Gasteiger partial charge on any atom is -0.380 e. The molecule has 0 spiro atoms. The summed E-state index contributed by atoms with van der Waals surface area (Å²) < 4.78 is 5.39. The van der Waals surface area contributed by atoms with Gasteiger partial charge in [-0.15, -0.1) is 0 Å². The van der Waals surface area contributed by atoms with Crippen molar-refractivity contribution < 1.29 is 4.74 Å². The second kappa shape index (κ2) is 6.16. The lowest BCUT2D eigenvalue weighted by atomic mass is 10.1. The molecule has 2 rings (SSSR count). The van der Waals surface area contributed by atoms with Gasteiger partial charge in [0.05, 0.1) is 23.7 Å². The first-order valence-electron chi connectivity index (χ1n) is 6.69. The van der Waals surface area contributed by atoms with E-state index in [1.165, 1.54) is 5.69 Å². The topological polar surface area (TPSA) is 37.4 Å². The number of nitrogens with one attached hydrogen (secondary N) is 1. The van der Waals surface area contributed by atoms with Gasteiger partial charge in [-0.25, -0.2) is 0 Å². The third-order valence-electron chi connectivity index (χ3n) is 3.73. The van der Waals surface area contributed by atoms with Crippen LogP contribution in [0.2, 0.25) is 0 Å². The van der Waals surface area contributed by atoms with Gasteiger partial charge in [-0.05, 0) is 32.0 Å². The highest BCUT2D eigenvalue weighted by atomic mass is 16.5. The molecule has 2 unspecified atom stereocenters. The highest BCUT2D eigenvalue weighted by Gasteiger charge is 2.22. The number of methoxy groups -OCH3 is 1. The molecule has 4 heteroatoms. The first kappa shape index (κ1) is 13.3. The lowest BCUT2D eigenvalue weighted by Crippen LogP contribution is -2.22. The van der Waals surface area contributed by atoms with Gasteiger partial charge in [0.15, 0.2) is 0 Å². The Morgan fingerprint density at radius 3 is 2.89 bits per heavy atom. The summed E-state index contributed by atoms with van der Waals surface area (Å²) in [6, 6.07) is 4.64. The van der Waals surface area contributed by atoms with Crippen molar-refractivity contribution in [2.24, 2.45) is 0 Å². The summed E-state index contributed by atoms with van der Waals surface area (Å²) in [5, 5.41) is 3.28. The first-order chi connectivity index (χ1) is 8.78. The average molecular weight is 249 g/mol. The number of anilines is 1. The Labute approximate surface area is 109 Å². The molecule has 100 valence electrons. The molecule has 2 heterocycles. The van der Waals surface area contributed by atoms with Crippen LogP contribution in [0.5, 0.6) is 0 Å². The Hall–Kier alpha value is -1.13. The van der Waals surface area contributed by atoms with Crippen LogP contribution in [0.25, 0.3) is 0 Å². The zero-order valence-corrected chi connectivity index (χ0v) is 11.5. The quantitative estimate of drug-likeness (QED) is 0.866. The number of hydrogen-bond acceptors (Lipinski definition) is 4. The average Bonchev–Trinajstić information content (AvgIpc) is 2.90. The van der Waals surface area contributed by atoms with Crippen molar-refractivity contribution in [3.63, 3.8) is 0 Å². The third-order valence-corrected chi connectivity index (χ3v) is 3.73. The predicted octanol–water partition coefficient (Wildman–Crippen LogP) is 1.98. The van der Waals surface area contributed by atoms with Gasteiger partial charge in [-0.1, -0.05) is 6.92 Å². The molecular formula is C14H23N3O. The molecule has 0 aromatic carbocycles. The number of rotatable bonds is 5. The SMILES string of the molecule is CCC(NC)c1ccc(N2CCC(OC)C2)cn1. The van der Waals surface area contributed by atoms with Gasteiger partial charge in [0.25, 0.3) is 0 Å². The Morgan fingerprint density at radius 1 is 1.56 bits per heavy atom. The normalized spacial score (nSPS) is 21.3. The van der Waals surface area contributed by atoms with E-state index in [9.17, 15) is 0 Å². The van der Waals surface area contributed by atoms with E-state index in [-0.39, 0.29) is 0 Å². The number of pyridine rings is 1. The van der Waals surface area contributed by atoms with Crippen molar-refractivity contribution in [3.05, 3.63) is 24.0 Å². The summed E-state index contributed by atoms with van der Waals surface area (Å²) >= 11 is 0. The van der Waals surface area contributed by atoms with Gasteiger partial charge in [-0.2, -0.15) is 0 Å². The standard InChI is InChI=1S/C14H23N3O/c1-4-13(15-2)14-6-5-11(9-16-14)17-8-7-12(10-17)18-3/h5-6,9,12-13,15H,4,7-8,10H2,1-3H3. The molecule has 1 aromatic heterocycles. The van der Waals surface area contributed by atoms with E-state index in [0.29, 0.717) is 12.1 Å². The second-order valence-electron chi connectivity index (χ2n) is 4.78. The minimum atomic E-state index is 0.351.